The molecule has 0 saturated heterocycles. The van der Waals surface area contributed by atoms with Gasteiger partial charge in [-0.05, 0) is 13.3 Å². The average Bonchev–Trinajstić information content (AvgIpc) is 3.03. The van der Waals surface area contributed by atoms with Crippen molar-refractivity contribution in [1.82, 2.24) is 5.32 Å². The number of rotatable bonds is 7. The van der Waals surface area contributed by atoms with Gasteiger partial charge in [0.25, 0.3) is 0 Å². The number of carbonyl (C=O) groups excluding carboxylic acids is 1. The monoisotopic (exact) mass is 245 g/mol. The molecule has 3 N–H and O–H groups in total. The second-order valence-electron chi connectivity index (χ2n) is 4.74. The highest BCUT2D eigenvalue weighted by atomic mass is 16.5. The molecule has 3 atom stereocenters. The Hall–Kier alpha value is -1.14. The van der Waals surface area contributed by atoms with Crippen molar-refractivity contribution in [2.24, 2.45) is 11.8 Å². The summed E-state index contributed by atoms with van der Waals surface area (Å²) in [4.78, 5) is 22.1. The Kier molecular flexibility index (Phi) is 4.47. The highest BCUT2D eigenvalue weighted by Crippen LogP contribution is 2.38. The van der Waals surface area contributed by atoms with E-state index in [0.29, 0.717) is 19.4 Å². The third-order valence-corrected chi connectivity index (χ3v) is 2.93. The maximum absolute atomic E-state index is 11.5. The van der Waals surface area contributed by atoms with Crippen molar-refractivity contribution in [3.63, 3.8) is 0 Å². The van der Waals surface area contributed by atoms with E-state index < -0.39 is 23.4 Å². The van der Waals surface area contributed by atoms with Gasteiger partial charge in [0.15, 0.2) is 0 Å². The number of methoxy groups -OCH3 is 1. The lowest BCUT2D eigenvalue weighted by Crippen LogP contribution is -2.42. The molecule has 6 heteroatoms. The Balaban J connectivity index is 2.27. The second kappa shape index (κ2) is 5.46. The van der Waals surface area contributed by atoms with Crippen LogP contribution in [0, 0.1) is 11.8 Å². The van der Waals surface area contributed by atoms with Crippen molar-refractivity contribution < 1.29 is 24.5 Å². The van der Waals surface area contributed by atoms with Crippen LogP contribution >= 0.6 is 0 Å². The fraction of sp³-hybridized carbons (Fsp3) is 0.818. The lowest BCUT2D eigenvalue weighted by Gasteiger charge is -2.23. The van der Waals surface area contributed by atoms with E-state index in [1.807, 2.05) is 0 Å². The standard InChI is InChI=1S/C11H19NO5/c1-11(16,3-4-17-2)6-12-9(13)7-5-8(7)10(14)15/h7-8,16H,3-6H2,1-2H3,(H,12,13)(H,14,15)/t7-,8+,11?/m1/s1. The summed E-state index contributed by atoms with van der Waals surface area (Å²) >= 11 is 0. The number of ether oxygens (including phenoxy) is 1. The highest BCUT2D eigenvalue weighted by molar-refractivity contribution is 5.89. The quantitative estimate of drug-likeness (QED) is 0.567. The highest BCUT2D eigenvalue weighted by Gasteiger charge is 2.48. The average molecular weight is 245 g/mol. The lowest BCUT2D eigenvalue weighted by molar-refractivity contribution is -0.140. The van der Waals surface area contributed by atoms with Gasteiger partial charge in [0, 0.05) is 26.7 Å². The minimum atomic E-state index is -1.03. The Bertz CT molecular complexity index is 302. The molecule has 1 aliphatic carbocycles. The smallest absolute Gasteiger partial charge is 0.307 e. The number of carbonyl (C=O) groups is 2. The molecule has 0 aromatic rings. The first kappa shape index (κ1) is 13.9. The summed E-state index contributed by atoms with van der Waals surface area (Å²) in [6.07, 6.45) is 0.804. The summed E-state index contributed by atoms with van der Waals surface area (Å²) < 4.78 is 4.84. The summed E-state index contributed by atoms with van der Waals surface area (Å²) in [5, 5.41) is 21.1. The summed E-state index contributed by atoms with van der Waals surface area (Å²) in [5.74, 6) is -2.23. The predicted octanol–water partition coefficient (Wildman–Crippen LogP) is -0.389. The molecule has 1 amide bonds. The Morgan fingerprint density at radius 2 is 2.12 bits per heavy atom. The molecular formula is C11H19NO5. The molecule has 98 valence electrons. The first-order valence-corrected chi connectivity index (χ1v) is 5.59. The van der Waals surface area contributed by atoms with Crippen LogP contribution in [-0.2, 0) is 14.3 Å². The summed E-state index contributed by atoms with van der Waals surface area (Å²) in [7, 11) is 1.54. The van der Waals surface area contributed by atoms with Crippen LogP contribution < -0.4 is 5.32 Å². The van der Waals surface area contributed by atoms with Gasteiger partial charge in [-0.25, -0.2) is 0 Å². The molecule has 0 radical (unpaired) electrons. The third-order valence-electron chi connectivity index (χ3n) is 2.93. The van der Waals surface area contributed by atoms with Gasteiger partial charge in [-0.3, -0.25) is 9.59 Å². The maximum Gasteiger partial charge on any atom is 0.307 e. The van der Waals surface area contributed by atoms with E-state index in [1.165, 1.54) is 7.11 Å². The minimum Gasteiger partial charge on any atom is -0.481 e. The summed E-state index contributed by atoms with van der Waals surface area (Å²) in [6, 6.07) is 0. The van der Waals surface area contributed by atoms with Gasteiger partial charge >= 0.3 is 5.97 Å². The molecule has 1 rings (SSSR count). The van der Waals surface area contributed by atoms with E-state index in [-0.39, 0.29) is 12.5 Å². The van der Waals surface area contributed by atoms with E-state index in [9.17, 15) is 14.7 Å². The largest absolute Gasteiger partial charge is 0.481 e. The number of amides is 1. The van der Waals surface area contributed by atoms with E-state index >= 15 is 0 Å². The molecule has 1 fully saturated rings. The van der Waals surface area contributed by atoms with Crippen LogP contribution in [0.4, 0.5) is 0 Å². The van der Waals surface area contributed by atoms with E-state index in [1.54, 1.807) is 6.92 Å². The molecule has 0 aliphatic heterocycles. The molecule has 17 heavy (non-hydrogen) atoms. The molecule has 0 spiro atoms. The zero-order valence-electron chi connectivity index (χ0n) is 10.1. The number of carboxylic acids is 1. The molecule has 6 nitrogen and oxygen atoms in total. The predicted molar refractivity (Wildman–Crippen MR) is 59.4 cm³/mol. The Labute approximate surface area is 100.0 Å². The third kappa shape index (κ3) is 4.32. The van der Waals surface area contributed by atoms with Crippen LogP contribution in [0.1, 0.15) is 19.8 Å². The molecule has 1 aliphatic rings. The van der Waals surface area contributed by atoms with Crippen LogP contribution in [-0.4, -0.2) is 48.0 Å². The maximum atomic E-state index is 11.5. The molecule has 0 aromatic carbocycles. The number of hydrogen-bond acceptors (Lipinski definition) is 4. The number of nitrogens with one attached hydrogen (secondary N) is 1. The second-order valence-corrected chi connectivity index (χ2v) is 4.74. The van der Waals surface area contributed by atoms with Gasteiger partial charge in [-0.2, -0.15) is 0 Å². The van der Waals surface area contributed by atoms with Gasteiger partial charge < -0.3 is 20.3 Å². The summed E-state index contributed by atoms with van der Waals surface area (Å²) in [6.45, 7) is 2.12. The molecule has 0 aromatic heterocycles. The van der Waals surface area contributed by atoms with Crippen LogP contribution in [0.25, 0.3) is 0 Å². The van der Waals surface area contributed by atoms with Crippen LogP contribution in [0.15, 0.2) is 0 Å². The topological polar surface area (TPSA) is 95.9 Å². The van der Waals surface area contributed by atoms with E-state index in [0.717, 1.165) is 0 Å². The number of aliphatic hydroxyl groups is 1. The normalized spacial score (nSPS) is 26.1. The van der Waals surface area contributed by atoms with Crippen molar-refractivity contribution in [3.8, 4) is 0 Å². The van der Waals surface area contributed by atoms with Crippen molar-refractivity contribution in [1.29, 1.82) is 0 Å². The molecule has 0 heterocycles. The first-order valence-electron chi connectivity index (χ1n) is 5.59. The van der Waals surface area contributed by atoms with Gasteiger partial charge in [0.05, 0.1) is 17.4 Å². The number of carboxylic acid groups (broad SMARTS) is 1. The van der Waals surface area contributed by atoms with Gasteiger partial charge in [0.2, 0.25) is 5.91 Å². The fourth-order valence-corrected chi connectivity index (χ4v) is 1.58. The molecular weight excluding hydrogens is 226 g/mol. The SMILES string of the molecule is COCCC(C)(O)CNC(=O)[C@@H]1C[C@@H]1C(=O)O. The van der Waals surface area contributed by atoms with Crippen LogP contribution in [0.5, 0.6) is 0 Å². The minimum absolute atomic E-state index is 0.109. The van der Waals surface area contributed by atoms with Crippen molar-refractivity contribution in [2.75, 3.05) is 20.3 Å². The van der Waals surface area contributed by atoms with Crippen molar-refractivity contribution >= 4 is 11.9 Å². The Morgan fingerprint density at radius 1 is 1.47 bits per heavy atom. The molecule has 1 unspecified atom stereocenters. The number of aliphatic carboxylic acids is 1. The van der Waals surface area contributed by atoms with Gasteiger partial charge in [-0.15, -0.1) is 0 Å². The lowest BCUT2D eigenvalue weighted by atomic mass is 10.0. The first-order chi connectivity index (χ1) is 7.87. The Morgan fingerprint density at radius 3 is 2.59 bits per heavy atom. The van der Waals surface area contributed by atoms with E-state index in [2.05, 4.69) is 5.32 Å². The van der Waals surface area contributed by atoms with Crippen molar-refractivity contribution in [2.45, 2.75) is 25.4 Å². The molecule has 0 bridgehead atoms. The zero-order valence-corrected chi connectivity index (χ0v) is 10.1. The fourth-order valence-electron chi connectivity index (χ4n) is 1.58. The van der Waals surface area contributed by atoms with Gasteiger partial charge in [-0.1, -0.05) is 0 Å². The summed E-state index contributed by atoms with van der Waals surface area (Å²) in [5.41, 5.74) is -1.03. The van der Waals surface area contributed by atoms with E-state index in [4.69, 9.17) is 9.84 Å². The van der Waals surface area contributed by atoms with Crippen LogP contribution in [0.3, 0.4) is 0 Å². The van der Waals surface area contributed by atoms with Gasteiger partial charge in [0.1, 0.15) is 0 Å². The number of hydrogen-bond donors (Lipinski definition) is 3. The molecule has 1 saturated carbocycles. The zero-order chi connectivity index (χ0) is 13.1. The van der Waals surface area contributed by atoms with Crippen molar-refractivity contribution in [3.05, 3.63) is 0 Å². The van der Waals surface area contributed by atoms with Crippen LogP contribution in [0.2, 0.25) is 0 Å².